The zero-order chi connectivity index (χ0) is 14.7. The van der Waals surface area contributed by atoms with Gasteiger partial charge in [-0.1, -0.05) is 0 Å². The lowest BCUT2D eigenvalue weighted by molar-refractivity contribution is -0.139. The van der Waals surface area contributed by atoms with Gasteiger partial charge in [0.2, 0.25) is 0 Å². The molecule has 0 spiro atoms. The zero-order valence-corrected chi connectivity index (χ0v) is 13.0. The fourth-order valence-electron chi connectivity index (χ4n) is 2.64. The van der Waals surface area contributed by atoms with Crippen molar-refractivity contribution in [3.8, 4) is 0 Å². The number of carbonyl (C=O) groups is 1. The van der Waals surface area contributed by atoms with Gasteiger partial charge in [0, 0.05) is 24.6 Å². The van der Waals surface area contributed by atoms with Gasteiger partial charge in [-0.15, -0.1) is 11.3 Å². The van der Waals surface area contributed by atoms with E-state index in [1.807, 2.05) is 0 Å². The molecule has 1 atom stereocenters. The number of aromatic nitrogens is 1. The van der Waals surface area contributed by atoms with Crippen molar-refractivity contribution in [3.63, 3.8) is 0 Å². The molecule has 5 nitrogen and oxygen atoms in total. The summed E-state index contributed by atoms with van der Waals surface area (Å²) in [5, 5.41) is 13.4. The van der Waals surface area contributed by atoms with Crippen molar-refractivity contribution in [3.05, 3.63) is 10.6 Å². The van der Waals surface area contributed by atoms with Gasteiger partial charge in [0.25, 0.3) is 0 Å². The van der Waals surface area contributed by atoms with Crippen LogP contribution in [-0.4, -0.2) is 35.8 Å². The SMILES string of the molecule is O=C(O)C1CCCc2sc(NCCCOCC3CC3)nc21. The Morgan fingerprint density at radius 1 is 1.43 bits per heavy atom. The summed E-state index contributed by atoms with van der Waals surface area (Å²) in [6.07, 6.45) is 6.23. The van der Waals surface area contributed by atoms with E-state index in [9.17, 15) is 9.90 Å². The first-order valence-electron chi connectivity index (χ1n) is 7.78. The zero-order valence-electron chi connectivity index (χ0n) is 12.1. The number of carboxylic acid groups (broad SMARTS) is 1. The van der Waals surface area contributed by atoms with Gasteiger partial charge >= 0.3 is 5.97 Å². The molecule has 1 fully saturated rings. The number of aliphatic carboxylic acids is 1. The Hall–Kier alpha value is -1.14. The lowest BCUT2D eigenvalue weighted by Crippen LogP contribution is -2.17. The van der Waals surface area contributed by atoms with Gasteiger partial charge in [0.05, 0.1) is 5.69 Å². The van der Waals surface area contributed by atoms with Crippen molar-refractivity contribution in [2.45, 2.75) is 44.4 Å². The number of nitrogens with zero attached hydrogens (tertiary/aromatic N) is 1. The molecule has 1 saturated carbocycles. The Bertz CT molecular complexity index is 499. The largest absolute Gasteiger partial charge is 0.481 e. The Labute approximate surface area is 128 Å². The molecule has 0 aromatic carbocycles. The van der Waals surface area contributed by atoms with Gasteiger partial charge in [-0.25, -0.2) is 4.98 Å². The first-order valence-corrected chi connectivity index (χ1v) is 8.59. The Morgan fingerprint density at radius 2 is 2.29 bits per heavy atom. The van der Waals surface area contributed by atoms with Gasteiger partial charge in [0.1, 0.15) is 5.92 Å². The van der Waals surface area contributed by atoms with Crippen LogP contribution in [-0.2, 0) is 16.0 Å². The monoisotopic (exact) mass is 310 g/mol. The average Bonchev–Trinajstić information content (AvgIpc) is 3.19. The number of aryl methyl sites for hydroxylation is 1. The van der Waals surface area contributed by atoms with Crippen molar-refractivity contribution >= 4 is 22.4 Å². The molecule has 6 heteroatoms. The molecule has 0 aliphatic heterocycles. The van der Waals surface area contributed by atoms with Crippen LogP contribution < -0.4 is 5.32 Å². The second kappa shape index (κ2) is 6.75. The van der Waals surface area contributed by atoms with Crippen LogP contribution in [0.4, 0.5) is 5.13 Å². The van der Waals surface area contributed by atoms with E-state index in [0.29, 0.717) is 6.42 Å². The topological polar surface area (TPSA) is 71.5 Å². The molecule has 1 heterocycles. The van der Waals surface area contributed by atoms with E-state index < -0.39 is 11.9 Å². The molecule has 21 heavy (non-hydrogen) atoms. The van der Waals surface area contributed by atoms with Crippen LogP contribution >= 0.6 is 11.3 Å². The minimum absolute atomic E-state index is 0.414. The molecule has 3 rings (SSSR count). The smallest absolute Gasteiger partial charge is 0.312 e. The number of thiazole rings is 1. The standard InChI is InChI=1S/C15H22N2O3S/c18-14(19)11-3-1-4-12-13(11)17-15(21-12)16-7-2-8-20-9-10-5-6-10/h10-11H,1-9H2,(H,16,17)(H,18,19). The van der Waals surface area contributed by atoms with Gasteiger partial charge in [0.15, 0.2) is 5.13 Å². The predicted octanol–water partition coefficient (Wildman–Crippen LogP) is 2.88. The van der Waals surface area contributed by atoms with Crippen LogP contribution in [0.25, 0.3) is 0 Å². The van der Waals surface area contributed by atoms with E-state index in [0.717, 1.165) is 60.6 Å². The van der Waals surface area contributed by atoms with E-state index in [4.69, 9.17) is 4.74 Å². The lowest BCUT2D eigenvalue weighted by atomic mass is 9.91. The minimum atomic E-state index is -0.749. The van der Waals surface area contributed by atoms with Gasteiger partial charge in [-0.2, -0.15) is 0 Å². The number of ether oxygens (including phenoxy) is 1. The first-order chi connectivity index (χ1) is 10.2. The fraction of sp³-hybridized carbons (Fsp3) is 0.733. The van der Waals surface area contributed by atoms with Crippen molar-refractivity contribution in [2.24, 2.45) is 5.92 Å². The van der Waals surface area contributed by atoms with Crippen LogP contribution in [0.5, 0.6) is 0 Å². The Morgan fingerprint density at radius 3 is 3.05 bits per heavy atom. The lowest BCUT2D eigenvalue weighted by Gasteiger charge is -2.16. The summed E-state index contributed by atoms with van der Waals surface area (Å²) in [5.74, 6) is -0.347. The molecule has 1 unspecified atom stereocenters. The second-order valence-corrected chi connectivity index (χ2v) is 6.99. The normalized spacial score (nSPS) is 21.0. The third-order valence-corrected chi connectivity index (χ3v) is 5.13. The summed E-state index contributed by atoms with van der Waals surface area (Å²) in [6, 6.07) is 0. The molecule has 0 bridgehead atoms. The highest BCUT2D eigenvalue weighted by atomic mass is 32.1. The number of hydrogen-bond acceptors (Lipinski definition) is 5. The summed E-state index contributed by atoms with van der Waals surface area (Å²) in [7, 11) is 0. The summed E-state index contributed by atoms with van der Waals surface area (Å²) in [4.78, 5) is 16.9. The van der Waals surface area contributed by atoms with Crippen LogP contribution in [0.1, 0.15) is 48.6 Å². The van der Waals surface area contributed by atoms with Gasteiger partial charge in [-0.3, -0.25) is 4.79 Å². The third-order valence-electron chi connectivity index (χ3n) is 4.04. The van der Waals surface area contributed by atoms with Crippen LogP contribution in [0.3, 0.4) is 0 Å². The first kappa shape index (κ1) is 14.8. The molecule has 116 valence electrons. The van der Waals surface area contributed by atoms with Crippen molar-refractivity contribution in [1.29, 1.82) is 0 Å². The molecule has 1 aromatic heterocycles. The van der Waals surface area contributed by atoms with Crippen LogP contribution in [0, 0.1) is 5.92 Å². The van der Waals surface area contributed by atoms with E-state index in [2.05, 4.69) is 10.3 Å². The maximum atomic E-state index is 11.2. The molecule has 0 saturated heterocycles. The summed E-state index contributed by atoms with van der Waals surface area (Å²) < 4.78 is 5.59. The van der Waals surface area contributed by atoms with Gasteiger partial charge in [-0.05, 0) is 44.4 Å². The Balaban J connectivity index is 1.44. The molecular weight excluding hydrogens is 288 g/mol. The Kier molecular flexibility index (Phi) is 4.75. The molecule has 1 aromatic rings. The van der Waals surface area contributed by atoms with Crippen molar-refractivity contribution < 1.29 is 14.6 Å². The highest BCUT2D eigenvalue weighted by molar-refractivity contribution is 7.15. The number of fused-ring (bicyclic) bond motifs is 1. The summed E-state index contributed by atoms with van der Waals surface area (Å²) in [5.41, 5.74) is 0.784. The molecule has 0 radical (unpaired) electrons. The quantitative estimate of drug-likeness (QED) is 0.722. The van der Waals surface area contributed by atoms with Gasteiger partial charge < -0.3 is 15.2 Å². The average molecular weight is 310 g/mol. The second-order valence-electron chi connectivity index (χ2n) is 5.91. The van der Waals surface area contributed by atoms with E-state index >= 15 is 0 Å². The summed E-state index contributed by atoms with van der Waals surface area (Å²) in [6.45, 7) is 2.52. The van der Waals surface area contributed by atoms with E-state index in [1.54, 1.807) is 11.3 Å². The summed E-state index contributed by atoms with van der Waals surface area (Å²) >= 11 is 1.61. The van der Waals surface area contributed by atoms with Crippen molar-refractivity contribution in [1.82, 2.24) is 4.98 Å². The van der Waals surface area contributed by atoms with Crippen LogP contribution in [0.2, 0.25) is 0 Å². The maximum Gasteiger partial charge on any atom is 0.312 e. The van der Waals surface area contributed by atoms with E-state index in [-0.39, 0.29) is 0 Å². The highest BCUT2D eigenvalue weighted by Crippen LogP contribution is 2.36. The number of hydrogen-bond donors (Lipinski definition) is 2. The van der Waals surface area contributed by atoms with E-state index in [1.165, 1.54) is 12.8 Å². The maximum absolute atomic E-state index is 11.2. The van der Waals surface area contributed by atoms with Crippen molar-refractivity contribution in [2.75, 3.05) is 25.1 Å². The fourth-order valence-corrected chi connectivity index (χ4v) is 3.73. The molecule has 2 N–H and O–H groups in total. The molecule has 2 aliphatic carbocycles. The molecule has 2 aliphatic rings. The molecular formula is C15H22N2O3S. The highest BCUT2D eigenvalue weighted by Gasteiger charge is 2.29. The van der Waals surface area contributed by atoms with Crippen LogP contribution in [0.15, 0.2) is 0 Å². The predicted molar refractivity (Wildman–Crippen MR) is 82.1 cm³/mol. The third kappa shape index (κ3) is 3.95. The minimum Gasteiger partial charge on any atom is -0.481 e. The number of carboxylic acids is 1. The number of nitrogens with one attached hydrogen (secondary N) is 1. The molecule has 0 amide bonds. The number of rotatable bonds is 8. The number of anilines is 1.